The van der Waals surface area contributed by atoms with Crippen LogP contribution in [0.15, 0.2) is 16.0 Å². The van der Waals surface area contributed by atoms with Gasteiger partial charge in [-0.2, -0.15) is 0 Å². The SMILES string of the molecule is CN=C(NCCNS(=O)(=O)c1cc(C)sc1C)NCC1(C)CCCO1.I. The zero-order valence-electron chi connectivity index (χ0n) is 15.7. The molecule has 0 bridgehead atoms. The van der Waals surface area contributed by atoms with E-state index in [1.54, 1.807) is 13.1 Å². The summed E-state index contributed by atoms with van der Waals surface area (Å²) in [5.41, 5.74) is -0.159. The second-order valence-electron chi connectivity index (χ2n) is 6.43. The van der Waals surface area contributed by atoms with Gasteiger partial charge in [-0.3, -0.25) is 4.99 Å². The fourth-order valence-corrected chi connectivity index (χ4v) is 5.37. The number of nitrogens with zero attached hydrogens (tertiary/aromatic N) is 1. The van der Waals surface area contributed by atoms with Gasteiger partial charge in [0.05, 0.1) is 10.5 Å². The fourth-order valence-electron chi connectivity index (χ4n) is 2.79. The summed E-state index contributed by atoms with van der Waals surface area (Å²) in [6.45, 7) is 8.01. The molecule has 1 atom stereocenters. The van der Waals surface area contributed by atoms with E-state index in [1.165, 1.54) is 11.3 Å². The average Bonchev–Trinajstić information content (AvgIpc) is 3.13. The van der Waals surface area contributed by atoms with E-state index in [4.69, 9.17) is 4.74 Å². The Labute approximate surface area is 177 Å². The monoisotopic (exact) mass is 516 g/mol. The lowest BCUT2D eigenvalue weighted by Crippen LogP contribution is -2.47. The molecule has 1 fully saturated rings. The summed E-state index contributed by atoms with van der Waals surface area (Å²) >= 11 is 1.49. The van der Waals surface area contributed by atoms with E-state index >= 15 is 0 Å². The Morgan fingerprint density at radius 3 is 2.62 bits per heavy atom. The van der Waals surface area contributed by atoms with E-state index in [0.29, 0.717) is 23.9 Å². The van der Waals surface area contributed by atoms with E-state index in [0.717, 1.165) is 29.2 Å². The van der Waals surface area contributed by atoms with Gasteiger partial charge in [0, 0.05) is 43.0 Å². The number of aliphatic imine (C=N–C) groups is 1. The lowest BCUT2D eigenvalue weighted by molar-refractivity contribution is 0.0243. The molecular formula is C16H29IN4O3S2. The first kappa shape index (κ1) is 23.6. The van der Waals surface area contributed by atoms with E-state index in [1.807, 2.05) is 13.8 Å². The van der Waals surface area contributed by atoms with Crippen molar-refractivity contribution in [2.24, 2.45) is 4.99 Å². The number of aryl methyl sites for hydroxylation is 2. The van der Waals surface area contributed by atoms with Gasteiger partial charge in [-0.05, 0) is 39.7 Å². The number of hydrogen-bond donors (Lipinski definition) is 3. The second-order valence-corrected chi connectivity index (χ2v) is 9.63. The highest BCUT2D eigenvalue weighted by Crippen LogP contribution is 2.25. The number of hydrogen-bond acceptors (Lipinski definition) is 5. The van der Waals surface area contributed by atoms with Crippen LogP contribution in [0.2, 0.25) is 0 Å². The minimum Gasteiger partial charge on any atom is -0.373 e. The molecule has 7 nitrogen and oxygen atoms in total. The molecule has 0 radical (unpaired) electrons. The summed E-state index contributed by atoms with van der Waals surface area (Å²) in [7, 11) is -1.78. The van der Waals surface area contributed by atoms with Gasteiger partial charge in [-0.15, -0.1) is 35.3 Å². The highest BCUT2D eigenvalue weighted by Gasteiger charge is 2.29. The normalized spacial score (nSPS) is 20.7. The molecule has 1 aliphatic heterocycles. The maximum atomic E-state index is 12.3. The number of rotatable bonds is 7. The first-order chi connectivity index (χ1) is 11.8. The van der Waals surface area contributed by atoms with Crippen molar-refractivity contribution in [2.75, 3.05) is 33.3 Å². The molecule has 2 rings (SSSR count). The van der Waals surface area contributed by atoms with E-state index < -0.39 is 10.0 Å². The summed E-state index contributed by atoms with van der Waals surface area (Å²) < 4.78 is 33.0. The smallest absolute Gasteiger partial charge is 0.241 e. The Morgan fingerprint density at radius 1 is 1.35 bits per heavy atom. The molecule has 0 spiro atoms. The number of ether oxygens (including phenoxy) is 1. The van der Waals surface area contributed by atoms with Gasteiger partial charge >= 0.3 is 0 Å². The molecule has 3 N–H and O–H groups in total. The van der Waals surface area contributed by atoms with Crippen molar-refractivity contribution in [3.05, 3.63) is 15.8 Å². The third kappa shape index (κ3) is 6.63. The zero-order chi connectivity index (χ0) is 18.5. The largest absolute Gasteiger partial charge is 0.373 e. The summed E-state index contributed by atoms with van der Waals surface area (Å²) in [5, 5.41) is 6.35. The van der Waals surface area contributed by atoms with Crippen LogP contribution in [0.3, 0.4) is 0 Å². The van der Waals surface area contributed by atoms with Crippen LogP contribution < -0.4 is 15.4 Å². The van der Waals surface area contributed by atoms with Crippen LogP contribution >= 0.6 is 35.3 Å². The van der Waals surface area contributed by atoms with Gasteiger partial charge in [0.25, 0.3) is 0 Å². The predicted octanol–water partition coefficient (Wildman–Crippen LogP) is 2.00. The Bertz CT molecular complexity index is 713. The Balaban J connectivity index is 0.00000338. The molecule has 0 amide bonds. The van der Waals surface area contributed by atoms with Crippen LogP contribution in [0.5, 0.6) is 0 Å². The number of sulfonamides is 1. The third-order valence-electron chi connectivity index (χ3n) is 4.15. The highest BCUT2D eigenvalue weighted by molar-refractivity contribution is 14.0. The summed E-state index contributed by atoms with van der Waals surface area (Å²) in [6, 6.07) is 1.71. The molecule has 2 heterocycles. The van der Waals surface area contributed by atoms with Gasteiger partial charge in [-0.1, -0.05) is 0 Å². The molecule has 1 aromatic rings. The second kappa shape index (κ2) is 10.2. The molecule has 1 aliphatic rings. The summed E-state index contributed by atoms with van der Waals surface area (Å²) in [4.78, 5) is 6.31. The lowest BCUT2D eigenvalue weighted by Gasteiger charge is -2.24. The minimum atomic E-state index is -3.47. The van der Waals surface area contributed by atoms with E-state index in [-0.39, 0.29) is 36.1 Å². The molecule has 0 saturated carbocycles. The number of guanidine groups is 1. The van der Waals surface area contributed by atoms with Crippen molar-refractivity contribution in [2.45, 2.75) is 44.1 Å². The van der Waals surface area contributed by atoms with Crippen molar-refractivity contribution >= 4 is 51.3 Å². The maximum Gasteiger partial charge on any atom is 0.241 e. The van der Waals surface area contributed by atoms with Crippen LogP contribution in [0.1, 0.15) is 29.5 Å². The quantitative estimate of drug-likeness (QED) is 0.223. The van der Waals surface area contributed by atoms with Crippen molar-refractivity contribution in [1.29, 1.82) is 0 Å². The third-order valence-corrected chi connectivity index (χ3v) is 6.83. The van der Waals surface area contributed by atoms with Gasteiger partial charge in [-0.25, -0.2) is 13.1 Å². The highest BCUT2D eigenvalue weighted by atomic mass is 127. The first-order valence-corrected chi connectivity index (χ1v) is 10.7. The number of nitrogens with one attached hydrogen (secondary N) is 3. The van der Waals surface area contributed by atoms with Gasteiger partial charge in [0.1, 0.15) is 0 Å². The van der Waals surface area contributed by atoms with Crippen molar-refractivity contribution in [1.82, 2.24) is 15.4 Å². The molecule has 10 heteroatoms. The molecular weight excluding hydrogens is 487 g/mol. The zero-order valence-corrected chi connectivity index (χ0v) is 19.7. The topological polar surface area (TPSA) is 91.8 Å². The average molecular weight is 516 g/mol. The number of halogens is 1. The Hall–Kier alpha value is -0.430. The lowest BCUT2D eigenvalue weighted by atomic mass is 10.0. The fraction of sp³-hybridized carbons (Fsp3) is 0.688. The molecule has 1 saturated heterocycles. The standard InChI is InChI=1S/C16H28N4O3S2.HI/c1-12-10-14(13(2)24-12)25(21,22)20-8-7-18-15(17-4)19-11-16(3)6-5-9-23-16;/h10,20H,5-9,11H2,1-4H3,(H2,17,18,19);1H. The molecule has 150 valence electrons. The van der Waals surface area contributed by atoms with Crippen LogP contribution in [0.25, 0.3) is 0 Å². The number of thiophene rings is 1. The molecule has 1 unspecified atom stereocenters. The molecule has 1 aromatic heterocycles. The van der Waals surface area contributed by atoms with Crippen LogP contribution in [0, 0.1) is 13.8 Å². The predicted molar refractivity (Wildman–Crippen MR) is 117 cm³/mol. The molecule has 0 aromatic carbocycles. The van der Waals surface area contributed by atoms with E-state index in [9.17, 15) is 8.42 Å². The molecule has 0 aliphatic carbocycles. The first-order valence-electron chi connectivity index (χ1n) is 8.41. The van der Waals surface area contributed by atoms with Crippen molar-refractivity contribution in [3.8, 4) is 0 Å². The maximum absolute atomic E-state index is 12.3. The van der Waals surface area contributed by atoms with Gasteiger partial charge < -0.3 is 15.4 Å². The Kier molecular flexibility index (Phi) is 9.27. The van der Waals surface area contributed by atoms with Crippen molar-refractivity contribution < 1.29 is 13.2 Å². The van der Waals surface area contributed by atoms with E-state index in [2.05, 4.69) is 27.3 Å². The van der Waals surface area contributed by atoms with Crippen LogP contribution in [0.4, 0.5) is 0 Å². The summed E-state index contributed by atoms with van der Waals surface area (Å²) in [5.74, 6) is 0.637. The van der Waals surface area contributed by atoms with Crippen LogP contribution in [-0.4, -0.2) is 53.3 Å². The van der Waals surface area contributed by atoms with Crippen molar-refractivity contribution in [3.63, 3.8) is 0 Å². The van der Waals surface area contributed by atoms with Crippen LogP contribution in [-0.2, 0) is 14.8 Å². The minimum absolute atomic E-state index is 0. The summed E-state index contributed by atoms with van der Waals surface area (Å²) in [6.07, 6.45) is 2.10. The molecule has 26 heavy (non-hydrogen) atoms. The van der Waals surface area contributed by atoms with Gasteiger partial charge in [0.15, 0.2) is 5.96 Å². The van der Waals surface area contributed by atoms with Gasteiger partial charge in [0.2, 0.25) is 10.0 Å². The Morgan fingerprint density at radius 2 is 2.08 bits per heavy atom.